The van der Waals surface area contributed by atoms with Crippen molar-refractivity contribution in [2.75, 3.05) is 0 Å². The van der Waals surface area contributed by atoms with E-state index in [2.05, 4.69) is 0 Å². The van der Waals surface area contributed by atoms with E-state index in [1.165, 1.54) is 4.57 Å². The van der Waals surface area contributed by atoms with Crippen LogP contribution in [0.25, 0.3) is 0 Å². The summed E-state index contributed by atoms with van der Waals surface area (Å²) >= 11 is 0. The van der Waals surface area contributed by atoms with Crippen molar-refractivity contribution in [1.82, 2.24) is 9.13 Å². The first-order chi connectivity index (χ1) is 7.19. The fourth-order valence-electron chi connectivity index (χ4n) is 1.53. The van der Waals surface area contributed by atoms with Gasteiger partial charge in [0.15, 0.2) is 5.78 Å². The van der Waals surface area contributed by atoms with Crippen molar-refractivity contribution in [2.24, 2.45) is 0 Å². The molecule has 0 bridgehead atoms. The number of nitrogens with zero attached hydrogens (tertiary/aromatic N) is 2. The predicted molar refractivity (Wildman–Crippen MR) is 58.9 cm³/mol. The molecule has 0 saturated carbocycles. The molecule has 0 aromatic carbocycles. The summed E-state index contributed by atoms with van der Waals surface area (Å²) in [5.74, 6) is 0.119. The van der Waals surface area contributed by atoms with Gasteiger partial charge in [-0.15, -0.1) is 0 Å². The second-order valence-corrected chi connectivity index (χ2v) is 3.69. The summed E-state index contributed by atoms with van der Waals surface area (Å²) in [6.07, 6.45) is 5.73. The Hall–Kier alpha value is -1.32. The van der Waals surface area contributed by atoms with Crippen molar-refractivity contribution in [3.63, 3.8) is 0 Å². The SMILES string of the molecule is CCCC(=O)Cn1ccn(CCC)c1=O. The molecule has 0 radical (unpaired) electrons. The minimum atomic E-state index is -0.0821. The Bertz CT molecular complexity index is 376. The first-order valence-electron chi connectivity index (χ1n) is 5.46. The number of hydrogen-bond donors (Lipinski definition) is 0. The van der Waals surface area contributed by atoms with Gasteiger partial charge in [0, 0.05) is 25.4 Å². The predicted octanol–water partition coefficient (Wildman–Crippen LogP) is 1.43. The van der Waals surface area contributed by atoms with E-state index in [0.29, 0.717) is 13.0 Å². The third-order valence-electron chi connectivity index (χ3n) is 2.26. The second kappa shape index (κ2) is 5.53. The van der Waals surface area contributed by atoms with Crippen molar-refractivity contribution in [3.8, 4) is 0 Å². The molecule has 0 atom stereocenters. The Morgan fingerprint density at radius 2 is 1.87 bits per heavy atom. The maximum Gasteiger partial charge on any atom is 0.328 e. The summed E-state index contributed by atoms with van der Waals surface area (Å²) in [6, 6.07) is 0. The minimum Gasteiger partial charge on any atom is -0.299 e. The molecule has 1 heterocycles. The molecule has 84 valence electrons. The molecule has 4 heteroatoms. The van der Waals surface area contributed by atoms with Crippen LogP contribution in [0.4, 0.5) is 0 Å². The minimum absolute atomic E-state index is 0.0821. The van der Waals surface area contributed by atoms with E-state index in [9.17, 15) is 9.59 Å². The van der Waals surface area contributed by atoms with Crippen molar-refractivity contribution in [3.05, 3.63) is 22.9 Å². The van der Waals surface area contributed by atoms with Crippen LogP contribution in [0.1, 0.15) is 33.1 Å². The number of hydrogen-bond acceptors (Lipinski definition) is 2. The number of aromatic nitrogens is 2. The van der Waals surface area contributed by atoms with Gasteiger partial charge < -0.3 is 0 Å². The van der Waals surface area contributed by atoms with Crippen LogP contribution in [0, 0.1) is 0 Å². The van der Waals surface area contributed by atoms with Crippen LogP contribution in [0.5, 0.6) is 0 Å². The summed E-state index contributed by atoms with van der Waals surface area (Å²) in [6.45, 7) is 4.91. The Morgan fingerprint density at radius 1 is 1.20 bits per heavy atom. The van der Waals surface area contributed by atoms with Gasteiger partial charge in [0.2, 0.25) is 0 Å². The lowest BCUT2D eigenvalue weighted by Crippen LogP contribution is -2.26. The van der Waals surface area contributed by atoms with Crippen LogP contribution < -0.4 is 5.69 Å². The average molecular weight is 210 g/mol. The van der Waals surface area contributed by atoms with Gasteiger partial charge in [-0.2, -0.15) is 0 Å². The Morgan fingerprint density at radius 3 is 2.47 bits per heavy atom. The van der Waals surface area contributed by atoms with E-state index in [4.69, 9.17) is 0 Å². The molecule has 0 fully saturated rings. The lowest BCUT2D eigenvalue weighted by molar-refractivity contribution is -0.119. The molecule has 15 heavy (non-hydrogen) atoms. The number of Topliss-reactive ketones (excluding diaryl/α,β-unsaturated/α-hetero) is 1. The van der Waals surface area contributed by atoms with Crippen LogP contribution in [0.3, 0.4) is 0 Å². The highest BCUT2D eigenvalue weighted by Gasteiger charge is 2.06. The molecule has 0 aliphatic rings. The van der Waals surface area contributed by atoms with Gasteiger partial charge in [0.1, 0.15) is 0 Å². The smallest absolute Gasteiger partial charge is 0.299 e. The maximum atomic E-state index is 11.7. The van der Waals surface area contributed by atoms with Gasteiger partial charge in [-0.05, 0) is 12.8 Å². The van der Waals surface area contributed by atoms with Crippen molar-refractivity contribution in [1.29, 1.82) is 0 Å². The Kier molecular flexibility index (Phi) is 4.34. The third-order valence-corrected chi connectivity index (χ3v) is 2.26. The topological polar surface area (TPSA) is 44.0 Å². The Labute approximate surface area is 89.5 Å². The third kappa shape index (κ3) is 3.08. The zero-order chi connectivity index (χ0) is 11.3. The molecular formula is C11H18N2O2. The van der Waals surface area contributed by atoms with E-state index in [-0.39, 0.29) is 18.0 Å². The standard InChI is InChI=1S/C11H18N2O2/c1-3-5-10(14)9-13-8-7-12(6-4-2)11(13)15/h7-8H,3-6,9H2,1-2H3. The molecule has 4 nitrogen and oxygen atoms in total. The summed E-state index contributed by atoms with van der Waals surface area (Å²) in [5.41, 5.74) is -0.0821. The zero-order valence-corrected chi connectivity index (χ0v) is 9.40. The van der Waals surface area contributed by atoms with Crippen LogP contribution in [0.2, 0.25) is 0 Å². The van der Waals surface area contributed by atoms with Crippen molar-refractivity contribution >= 4 is 5.78 Å². The fourth-order valence-corrected chi connectivity index (χ4v) is 1.53. The highest BCUT2D eigenvalue weighted by molar-refractivity contribution is 5.78. The summed E-state index contributed by atoms with van der Waals surface area (Å²) in [7, 11) is 0. The van der Waals surface area contributed by atoms with Gasteiger partial charge in [-0.3, -0.25) is 13.9 Å². The summed E-state index contributed by atoms with van der Waals surface area (Å²) < 4.78 is 3.12. The van der Waals surface area contributed by atoms with E-state index in [1.54, 1.807) is 17.0 Å². The monoisotopic (exact) mass is 210 g/mol. The van der Waals surface area contributed by atoms with Gasteiger partial charge >= 0.3 is 5.69 Å². The maximum absolute atomic E-state index is 11.7. The zero-order valence-electron chi connectivity index (χ0n) is 9.40. The average Bonchev–Trinajstić information content (AvgIpc) is 2.51. The van der Waals surface area contributed by atoms with E-state index >= 15 is 0 Å². The fraction of sp³-hybridized carbons (Fsp3) is 0.636. The lowest BCUT2D eigenvalue weighted by atomic mass is 10.2. The molecule has 1 aromatic rings. The van der Waals surface area contributed by atoms with E-state index in [1.807, 2.05) is 13.8 Å². The molecular weight excluding hydrogens is 192 g/mol. The largest absolute Gasteiger partial charge is 0.328 e. The first-order valence-corrected chi connectivity index (χ1v) is 5.46. The number of rotatable bonds is 6. The molecule has 0 N–H and O–H groups in total. The molecule has 0 saturated heterocycles. The molecule has 0 spiro atoms. The van der Waals surface area contributed by atoms with Gasteiger partial charge in [-0.25, -0.2) is 4.79 Å². The van der Waals surface area contributed by atoms with Crippen molar-refractivity contribution in [2.45, 2.75) is 46.2 Å². The molecule has 1 aromatic heterocycles. The lowest BCUT2D eigenvalue weighted by Gasteiger charge is -2.00. The van der Waals surface area contributed by atoms with Crippen molar-refractivity contribution < 1.29 is 4.79 Å². The number of ketones is 1. The van der Waals surface area contributed by atoms with Crippen LogP contribution in [-0.2, 0) is 17.9 Å². The second-order valence-electron chi connectivity index (χ2n) is 3.69. The number of carbonyl (C=O) groups is 1. The molecule has 0 unspecified atom stereocenters. The molecule has 0 aliphatic carbocycles. The number of aryl methyl sites for hydroxylation is 1. The Balaban J connectivity index is 2.70. The highest BCUT2D eigenvalue weighted by atomic mass is 16.2. The normalized spacial score (nSPS) is 10.5. The summed E-state index contributed by atoms with van der Waals surface area (Å²) in [4.78, 5) is 23.0. The first kappa shape index (κ1) is 11.8. The van der Waals surface area contributed by atoms with Gasteiger partial charge in [0.05, 0.1) is 6.54 Å². The molecule has 1 rings (SSSR count). The van der Waals surface area contributed by atoms with Gasteiger partial charge in [0.25, 0.3) is 0 Å². The van der Waals surface area contributed by atoms with E-state index < -0.39 is 0 Å². The highest BCUT2D eigenvalue weighted by Crippen LogP contribution is 1.94. The van der Waals surface area contributed by atoms with Crippen LogP contribution in [0.15, 0.2) is 17.2 Å². The summed E-state index contributed by atoms with van der Waals surface area (Å²) in [5, 5.41) is 0. The molecule has 0 aliphatic heterocycles. The number of imidazole rings is 1. The van der Waals surface area contributed by atoms with E-state index in [0.717, 1.165) is 12.8 Å². The van der Waals surface area contributed by atoms with Crippen LogP contribution in [-0.4, -0.2) is 14.9 Å². The van der Waals surface area contributed by atoms with Crippen LogP contribution >= 0.6 is 0 Å². The quantitative estimate of drug-likeness (QED) is 0.713. The molecule has 0 amide bonds. The number of carbonyl (C=O) groups excluding carboxylic acids is 1. The van der Waals surface area contributed by atoms with Gasteiger partial charge in [-0.1, -0.05) is 13.8 Å².